The number of nitrogens with two attached hydrogens (primary N) is 1. The van der Waals surface area contributed by atoms with Crippen molar-refractivity contribution < 1.29 is 14.7 Å². The minimum atomic E-state index is -0.637. The summed E-state index contributed by atoms with van der Waals surface area (Å²) < 4.78 is 4.53. The highest BCUT2D eigenvalue weighted by Gasteiger charge is 2.00. The van der Waals surface area contributed by atoms with E-state index in [1.165, 1.54) is 6.08 Å². The van der Waals surface area contributed by atoms with Crippen molar-refractivity contribution in [2.75, 3.05) is 13.2 Å². The van der Waals surface area contributed by atoms with Gasteiger partial charge in [-0.05, 0) is 0 Å². The normalized spacial score (nSPS) is 10.5. The van der Waals surface area contributed by atoms with Gasteiger partial charge in [-0.15, -0.1) is 0 Å². The third-order valence-corrected chi connectivity index (χ3v) is 0.875. The van der Waals surface area contributed by atoms with Gasteiger partial charge in [-0.2, -0.15) is 0 Å². The fraction of sp³-hybridized carbons (Fsp3) is 0.333. The van der Waals surface area contributed by atoms with Crippen LogP contribution >= 0.6 is 0 Å². The largest absolute Gasteiger partial charge is 0.445 e. The van der Waals surface area contributed by atoms with Crippen LogP contribution in [0.5, 0.6) is 0 Å². The van der Waals surface area contributed by atoms with Crippen molar-refractivity contribution in [3.8, 4) is 0 Å². The number of oxime groups is 1. The van der Waals surface area contributed by atoms with Crippen molar-refractivity contribution in [1.29, 1.82) is 0 Å². The molecule has 1 amide bonds. The Kier molecular flexibility index (Phi) is 5.16. The third-order valence-electron chi connectivity index (χ3n) is 0.875. The van der Waals surface area contributed by atoms with Crippen LogP contribution in [0.1, 0.15) is 0 Å². The van der Waals surface area contributed by atoms with E-state index in [2.05, 4.69) is 21.8 Å². The van der Waals surface area contributed by atoms with E-state index in [1.807, 2.05) is 0 Å². The molecule has 0 aliphatic rings. The van der Waals surface area contributed by atoms with Crippen molar-refractivity contribution in [2.45, 2.75) is 0 Å². The van der Waals surface area contributed by atoms with Gasteiger partial charge in [-0.25, -0.2) is 4.79 Å². The van der Waals surface area contributed by atoms with E-state index < -0.39 is 6.09 Å². The summed E-state index contributed by atoms with van der Waals surface area (Å²) >= 11 is 0. The van der Waals surface area contributed by atoms with Crippen LogP contribution in [0.15, 0.2) is 17.8 Å². The van der Waals surface area contributed by atoms with Gasteiger partial charge in [0, 0.05) is 0 Å². The highest BCUT2D eigenvalue weighted by molar-refractivity contribution is 5.84. The molecular formula is C6H11N3O3. The summed E-state index contributed by atoms with van der Waals surface area (Å²) in [6, 6.07) is 0. The molecule has 0 aromatic rings. The maximum absolute atomic E-state index is 10.6. The summed E-state index contributed by atoms with van der Waals surface area (Å²) in [5, 5.41) is 13.0. The molecule has 0 aromatic heterocycles. The van der Waals surface area contributed by atoms with E-state index in [0.29, 0.717) is 0 Å². The van der Waals surface area contributed by atoms with Crippen LogP contribution < -0.4 is 11.1 Å². The fourth-order valence-electron chi connectivity index (χ4n) is 0.384. The summed E-state index contributed by atoms with van der Waals surface area (Å²) in [7, 11) is 0. The molecule has 0 fully saturated rings. The van der Waals surface area contributed by atoms with Gasteiger partial charge in [0.1, 0.15) is 6.61 Å². The lowest BCUT2D eigenvalue weighted by molar-refractivity contribution is 0.159. The second-order valence-electron chi connectivity index (χ2n) is 1.83. The SMILES string of the molecule is C=CCOC(=O)NCC(N)=NO. The van der Waals surface area contributed by atoms with Crippen molar-refractivity contribution in [2.24, 2.45) is 10.9 Å². The third kappa shape index (κ3) is 5.10. The standard InChI is InChI=1S/C6H11N3O3/c1-2-3-12-6(10)8-4-5(7)9-11/h2,11H,1,3-4H2,(H2,7,9)(H,8,10). The second kappa shape index (κ2) is 6.02. The Morgan fingerprint density at radius 2 is 2.50 bits per heavy atom. The van der Waals surface area contributed by atoms with Crippen LogP contribution in [0.25, 0.3) is 0 Å². The zero-order valence-electron chi connectivity index (χ0n) is 6.49. The minimum Gasteiger partial charge on any atom is -0.445 e. The molecule has 0 aliphatic carbocycles. The van der Waals surface area contributed by atoms with Gasteiger partial charge < -0.3 is 21.0 Å². The lowest BCUT2D eigenvalue weighted by Crippen LogP contribution is -2.33. The molecule has 6 nitrogen and oxygen atoms in total. The Hall–Kier alpha value is -1.72. The Morgan fingerprint density at radius 1 is 1.83 bits per heavy atom. The number of hydrogen-bond acceptors (Lipinski definition) is 4. The summed E-state index contributed by atoms with van der Waals surface area (Å²) in [6.07, 6.45) is 0.796. The van der Waals surface area contributed by atoms with Crippen LogP contribution in [0.4, 0.5) is 4.79 Å². The van der Waals surface area contributed by atoms with Crippen LogP contribution in [0, 0.1) is 0 Å². The number of ether oxygens (including phenoxy) is 1. The van der Waals surface area contributed by atoms with Gasteiger partial charge >= 0.3 is 6.09 Å². The highest BCUT2D eigenvalue weighted by Crippen LogP contribution is 1.76. The van der Waals surface area contributed by atoms with E-state index in [0.717, 1.165) is 0 Å². The van der Waals surface area contributed by atoms with Gasteiger partial charge in [0.05, 0.1) is 6.54 Å². The molecule has 4 N–H and O–H groups in total. The number of carbonyl (C=O) groups excluding carboxylic acids is 1. The topological polar surface area (TPSA) is 96.9 Å². The summed E-state index contributed by atoms with van der Waals surface area (Å²) in [5.74, 6) is -0.0921. The van der Waals surface area contributed by atoms with E-state index >= 15 is 0 Å². The van der Waals surface area contributed by atoms with E-state index in [4.69, 9.17) is 10.9 Å². The monoisotopic (exact) mass is 173 g/mol. The first-order valence-corrected chi connectivity index (χ1v) is 3.18. The van der Waals surface area contributed by atoms with Gasteiger partial charge in [-0.1, -0.05) is 17.8 Å². The summed E-state index contributed by atoms with van der Waals surface area (Å²) in [4.78, 5) is 10.6. The van der Waals surface area contributed by atoms with Crippen molar-refractivity contribution >= 4 is 11.9 Å². The maximum atomic E-state index is 10.6. The quantitative estimate of drug-likeness (QED) is 0.178. The molecule has 0 saturated carbocycles. The molecule has 0 heterocycles. The molecule has 0 atom stereocenters. The maximum Gasteiger partial charge on any atom is 0.407 e. The van der Waals surface area contributed by atoms with Gasteiger partial charge in [0.15, 0.2) is 5.84 Å². The summed E-state index contributed by atoms with van der Waals surface area (Å²) in [5.41, 5.74) is 5.06. The minimum absolute atomic E-state index is 0.0491. The van der Waals surface area contributed by atoms with Gasteiger partial charge in [-0.3, -0.25) is 0 Å². The Morgan fingerprint density at radius 3 is 3.00 bits per heavy atom. The number of nitrogens with one attached hydrogen (secondary N) is 1. The molecule has 0 aliphatic heterocycles. The molecule has 68 valence electrons. The average molecular weight is 173 g/mol. The molecule has 0 bridgehead atoms. The first-order valence-electron chi connectivity index (χ1n) is 3.18. The first-order chi connectivity index (χ1) is 5.70. The number of amides is 1. The lowest BCUT2D eigenvalue weighted by atomic mass is 10.6. The van der Waals surface area contributed by atoms with Crippen molar-refractivity contribution in [3.63, 3.8) is 0 Å². The lowest BCUT2D eigenvalue weighted by Gasteiger charge is -2.02. The van der Waals surface area contributed by atoms with Crippen molar-refractivity contribution in [3.05, 3.63) is 12.7 Å². The molecule has 0 rings (SSSR count). The average Bonchev–Trinajstić information content (AvgIpc) is 2.10. The van der Waals surface area contributed by atoms with Crippen LogP contribution in [-0.2, 0) is 4.74 Å². The summed E-state index contributed by atoms with van der Waals surface area (Å²) in [6.45, 7) is 3.43. The van der Waals surface area contributed by atoms with Gasteiger partial charge in [0.2, 0.25) is 0 Å². The van der Waals surface area contributed by atoms with Crippen LogP contribution in [-0.4, -0.2) is 30.3 Å². The Labute approximate surface area is 69.7 Å². The van der Waals surface area contributed by atoms with Gasteiger partial charge in [0.25, 0.3) is 0 Å². The predicted octanol–water partition coefficient (Wildman–Crippen LogP) is -0.355. The molecule has 0 unspecified atom stereocenters. The zero-order chi connectivity index (χ0) is 9.40. The number of nitrogens with zero attached hydrogens (tertiary/aromatic N) is 1. The van der Waals surface area contributed by atoms with Crippen molar-refractivity contribution in [1.82, 2.24) is 5.32 Å². The van der Waals surface area contributed by atoms with E-state index in [1.54, 1.807) is 0 Å². The molecular weight excluding hydrogens is 162 g/mol. The number of amidine groups is 1. The van der Waals surface area contributed by atoms with Crippen LogP contribution in [0.3, 0.4) is 0 Å². The molecule has 0 spiro atoms. The highest BCUT2D eigenvalue weighted by atomic mass is 16.5. The first kappa shape index (κ1) is 10.3. The number of hydrogen-bond donors (Lipinski definition) is 3. The Bertz CT molecular complexity index is 190. The smallest absolute Gasteiger partial charge is 0.407 e. The molecule has 0 aromatic carbocycles. The molecule has 12 heavy (non-hydrogen) atoms. The van der Waals surface area contributed by atoms with E-state index in [-0.39, 0.29) is 19.0 Å². The number of rotatable bonds is 4. The Balaban J connectivity index is 3.50. The molecule has 6 heteroatoms. The molecule has 0 saturated heterocycles. The zero-order valence-corrected chi connectivity index (χ0v) is 6.49. The number of carbonyl (C=O) groups is 1. The number of alkyl carbamates (subject to hydrolysis) is 1. The fourth-order valence-corrected chi connectivity index (χ4v) is 0.384. The molecule has 0 radical (unpaired) electrons. The predicted molar refractivity (Wildman–Crippen MR) is 43.0 cm³/mol. The van der Waals surface area contributed by atoms with Crippen LogP contribution in [0.2, 0.25) is 0 Å². The van der Waals surface area contributed by atoms with E-state index in [9.17, 15) is 4.79 Å². The second-order valence-corrected chi connectivity index (χ2v) is 1.83.